The van der Waals surface area contributed by atoms with Crippen LogP contribution in [-0.2, 0) is 6.42 Å². The maximum Gasteiger partial charge on any atom is 0.460 e. The maximum absolute atomic E-state index is 13.9. The summed E-state index contributed by atoms with van der Waals surface area (Å²) in [6, 6.07) is 20.4. The van der Waals surface area contributed by atoms with Crippen molar-refractivity contribution >= 4 is 17.6 Å². The molecule has 3 aromatic carbocycles. The summed E-state index contributed by atoms with van der Waals surface area (Å²) in [5.41, 5.74) is 4.01. The van der Waals surface area contributed by atoms with Crippen molar-refractivity contribution in [1.29, 1.82) is 0 Å². The third kappa shape index (κ3) is 6.23. The lowest BCUT2D eigenvalue weighted by Crippen LogP contribution is -2.59. The molecular weight excluding hydrogens is 595 g/mol. The van der Waals surface area contributed by atoms with Crippen LogP contribution in [0.25, 0.3) is 5.57 Å². The number of halogens is 9. The fraction of sp³-hybridized carbons (Fsp3) is 0.333. The van der Waals surface area contributed by atoms with E-state index in [0.29, 0.717) is 17.7 Å². The molecule has 0 heterocycles. The molecule has 1 unspecified atom stereocenters. The van der Waals surface area contributed by atoms with Gasteiger partial charge >= 0.3 is 23.3 Å². The van der Waals surface area contributed by atoms with Gasteiger partial charge in [0.25, 0.3) is 0 Å². The smallest absolute Gasteiger partial charge is 0.460 e. The summed E-state index contributed by atoms with van der Waals surface area (Å²) < 4.78 is 129. The average Bonchev–Trinajstić information content (AvgIpc) is 2.90. The normalized spacial score (nSPS) is 16.5. The van der Waals surface area contributed by atoms with E-state index in [9.17, 15) is 39.5 Å². The predicted molar refractivity (Wildman–Crippen MR) is 142 cm³/mol. The molecule has 226 valence electrons. The molecule has 0 fully saturated rings. The van der Waals surface area contributed by atoms with E-state index in [1.807, 2.05) is 75.4 Å². The van der Waals surface area contributed by atoms with E-state index >= 15 is 0 Å². The Hall–Kier alpha value is -3.28. The first-order valence-electron chi connectivity index (χ1n) is 12.6. The zero-order valence-corrected chi connectivity index (χ0v) is 23.2. The Bertz CT molecular complexity index is 1430. The first kappa shape index (κ1) is 31.7. The number of rotatable bonds is 8. The Morgan fingerprint density at radius 2 is 1.31 bits per heavy atom. The highest BCUT2D eigenvalue weighted by atomic mass is 32.2. The molecule has 0 bridgehead atoms. The molecular formula is C30H25F9O2S. The number of hydrogen-bond acceptors (Lipinski definition) is 3. The lowest BCUT2D eigenvalue weighted by Gasteiger charge is -2.32. The van der Waals surface area contributed by atoms with Gasteiger partial charge in [0.15, 0.2) is 0 Å². The summed E-state index contributed by atoms with van der Waals surface area (Å²) in [7, 11) is 0. The van der Waals surface area contributed by atoms with Gasteiger partial charge in [-0.15, -0.1) is 0 Å². The highest BCUT2D eigenvalue weighted by molar-refractivity contribution is 7.96. The molecule has 0 aromatic heterocycles. The number of benzene rings is 3. The second kappa shape index (κ2) is 11.1. The Labute approximate surface area is 240 Å². The maximum atomic E-state index is 13.9. The summed E-state index contributed by atoms with van der Waals surface area (Å²) >= 11 is -1.47. The molecule has 2 nitrogen and oxygen atoms in total. The van der Waals surface area contributed by atoms with Crippen molar-refractivity contribution in [3.05, 3.63) is 101 Å². The van der Waals surface area contributed by atoms with Crippen LogP contribution in [0.2, 0.25) is 0 Å². The quantitative estimate of drug-likeness (QED) is 0.185. The second-order valence-electron chi connectivity index (χ2n) is 10.6. The van der Waals surface area contributed by atoms with E-state index < -0.39 is 46.7 Å². The monoisotopic (exact) mass is 620 g/mol. The summed E-state index contributed by atoms with van der Waals surface area (Å²) in [6.07, 6.45) is -4.25. The van der Waals surface area contributed by atoms with Gasteiger partial charge < -0.3 is 8.92 Å². The summed E-state index contributed by atoms with van der Waals surface area (Å²) in [5, 5.41) is -5.91. The fourth-order valence-corrected chi connectivity index (χ4v) is 5.01. The van der Waals surface area contributed by atoms with Gasteiger partial charge in [-0.3, -0.25) is 0 Å². The van der Waals surface area contributed by atoms with Gasteiger partial charge in [0.05, 0.1) is 0 Å². The third-order valence-electron chi connectivity index (χ3n) is 6.38. The van der Waals surface area contributed by atoms with Crippen LogP contribution in [0.3, 0.4) is 0 Å². The minimum atomic E-state index is -6.99. The van der Waals surface area contributed by atoms with Crippen molar-refractivity contribution in [2.24, 2.45) is 0 Å². The molecule has 0 saturated heterocycles. The highest BCUT2D eigenvalue weighted by Crippen LogP contribution is 2.56. The highest BCUT2D eigenvalue weighted by Gasteiger charge is 2.82. The fourth-order valence-electron chi connectivity index (χ4n) is 4.47. The molecule has 1 aliphatic rings. The molecule has 0 radical (unpaired) electrons. The van der Waals surface area contributed by atoms with E-state index in [1.54, 1.807) is 0 Å². The molecule has 1 aliphatic carbocycles. The number of alkyl halides is 9. The molecule has 0 saturated carbocycles. The van der Waals surface area contributed by atoms with E-state index in [1.165, 1.54) is 12.1 Å². The Kier molecular flexibility index (Phi) is 8.36. The lowest BCUT2D eigenvalue weighted by molar-refractivity contribution is -0.381. The van der Waals surface area contributed by atoms with Gasteiger partial charge in [-0.05, 0) is 79.3 Å². The van der Waals surface area contributed by atoms with Crippen LogP contribution in [0.1, 0.15) is 48.9 Å². The topological polar surface area (TPSA) is 18.5 Å². The van der Waals surface area contributed by atoms with E-state index in [2.05, 4.69) is 4.18 Å². The van der Waals surface area contributed by atoms with Crippen molar-refractivity contribution in [1.82, 2.24) is 0 Å². The third-order valence-corrected chi connectivity index (χ3v) is 7.12. The van der Waals surface area contributed by atoms with Gasteiger partial charge in [0, 0.05) is 5.92 Å². The summed E-state index contributed by atoms with van der Waals surface area (Å²) in [5.74, 6) is -13.9. The van der Waals surface area contributed by atoms with Gasteiger partial charge in [-0.25, -0.2) is 0 Å². The van der Waals surface area contributed by atoms with Gasteiger partial charge in [0.1, 0.15) is 29.1 Å². The standard InChI is InChI=1S/C30H25F9O2S/c1-26(2,3)40-22-14-16-24-20(17-22)11-15-23(18-7-5-4-6-8-18)25(24)19-9-12-21(13-10-19)41-42-30(38,39)28(33,34)27(31,32)29(35,36)37/h4-10,12-17,25H,11H2,1-3H3. The molecule has 0 spiro atoms. The first-order chi connectivity index (χ1) is 19.3. The zero-order valence-electron chi connectivity index (χ0n) is 22.4. The van der Waals surface area contributed by atoms with Crippen molar-refractivity contribution in [2.45, 2.75) is 62.0 Å². The van der Waals surface area contributed by atoms with E-state index in [4.69, 9.17) is 4.74 Å². The molecule has 3 aromatic rings. The molecule has 0 amide bonds. The van der Waals surface area contributed by atoms with Crippen LogP contribution in [0.15, 0.2) is 78.9 Å². The Balaban J connectivity index is 1.62. The van der Waals surface area contributed by atoms with Gasteiger partial charge in [-0.2, -0.15) is 39.5 Å². The van der Waals surface area contributed by atoms with Crippen molar-refractivity contribution in [3.8, 4) is 11.5 Å². The molecule has 0 N–H and O–H groups in total. The predicted octanol–water partition coefficient (Wildman–Crippen LogP) is 10.1. The van der Waals surface area contributed by atoms with Crippen LogP contribution < -0.4 is 8.92 Å². The van der Waals surface area contributed by atoms with Gasteiger partial charge in [-0.1, -0.05) is 54.6 Å². The van der Waals surface area contributed by atoms with Crippen LogP contribution in [0.4, 0.5) is 39.5 Å². The molecule has 4 rings (SSSR count). The van der Waals surface area contributed by atoms with Gasteiger partial charge in [0.2, 0.25) is 0 Å². The Morgan fingerprint density at radius 3 is 1.88 bits per heavy atom. The summed E-state index contributed by atoms with van der Waals surface area (Å²) in [4.78, 5) is 0. The molecule has 12 heteroatoms. The van der Waals surface area contributed by atoms with E-state index in [0.717, 1.165) is 34.4 Å². The zero-order chi connectivity index (χ0) is 31.1. The lowest BCUT2D eigenvalue weighted by atomic mass is 9.75. The number of allylic oxidation sites excluding steroid dienone is 2. The largest absolute Gasteiger partial charge is 0.488 e. The number of fused-ring (bicyclic) bond motifs is 1. The summed E-state index contributed by atoms with van der Waals surface area (Å²) in [6.45, 7) is 5.76. The van der Waals surface area contributed by atoms with Crippen molar-refractivity contribution < 1.29 is 48.4 Å². The number of ether oxygens (including phenoxy) is 1. The minimum Gasteiger partial charge on any atom is -0.488 e. The van der Waals surface area contributed by atoms with Crippen LogP contribution in [0, 0.1) is 0 Å². The Morgan fingerprint density at radius 1 is 0.714 bits per heavy atom. The van der Waals surface area contributed by atoms with Crippen molar-refractivity contribution in [3.63, 3.8) is 0 Å². The molecule has 1 atom stereocenters. The minimum absolute atomic E-state index is 0.349. The van der Waals surface area contributed by atoms with Crippen LogP contribution in [-0.4, -0.2) is 28.9 Å². The molecule has 42 heavy (non-hydrogen) atoms. The molecule has 0 aliphatic heterocycles. The second-order valence-corrected chi connectivity index (χ2v) is 11.5. The average molecular weight is 621 g/mol. The van der Waals surface area contributed by atoms with Crippen LogP contribution >= 0.6 is 12.0 Å². The first-order valence-corrected chi connectivity index (χ1v) is 13.3. The SMILES string of the molecule is CC(C)(C)Oc1ccc2c(c1)CC=C(c1ccccc1)C2c1ccc(OSC(F)(F)C(F)(F)C(F)(F)C(F)(F)F)cc1. The van der Waals surface area contributed by atoms with E-state index in [-0.39, 0.29) is 5.92 Å². The van der Waals surface area contributed by atoms with Crippen molar-refractivity contribution in [2.75, 3.05) is 0 Å². The van der Waals surface area contributed by atoms with Crippen LogP contribution in [0.5, 0.6) is 11.5 Å². The number of hydrogen-bond donors (Lipinski definition) is 0.